The van der Waals surface area contributed by atoms with Crippen molar-refractivity contribution in [3.8, 4) is 11.5 Å². The summed E-state index contributed by atoms with van der Waals surface area (Å²) in [5.41, 5.74) is 1.14. The van der Waals surface area contributed by atoms with Crippen molar-refractivity contribution in [3.63, 3.8) is 0 Å². The monoisotopic (exact) mass is 301 g/mol. The molecule has 0 saturated heterocycles. The molecule has 1 N–H and O–H groups in total. The Morgan fingerprint density at radius 3 is 2.91 bits per heavy atom. The Morgan fingerprint density at radius 1 is 1.23 bits per heavy atom. The lowest BCUT2D eigenvalue weighted by Crippen LogP contribution is -2.33. The Bertz CT molecular complexity index is 598. The van der Waals surface area contributed by atoms with Crippen LogP contribution in [0.15, 0.2) is 36.7 Å². The van der Waals surface area contributed by atoms with Gasteiger partial charge in [-0.15, -0.1) is 0 Å². The summed E-state index contributed by atoms with van der Waals surface area (Å²) < 4.78 is 13.6. The highest BCUT2D eigenvalue weighted by atomic mass is 16.5. The molecule has 1 aliphatic rings. The van der Waals surface area contributed by atoms with Crippen molar-refractivity contribution >= 4 is 0 Å². The van der Waals surface area contributed by atoms with Gasteiger partial charge in [0.2, 0.25) is 0 Å². The van der Waals surface area contributed by atoms with E-state index in [1.807, 2.05) is 35.3 Å². The number of nitrogens with zero attached hydrogens (tertiary/aromatic N) is 2. The third-order valence-electron chi connectivity index (χ3n) is 4.13. The predicted octanol–water partition coefficient (Wildman–Crippen LogP) is 2.78. The SMILES string of the molecule is C[C@H]([C@@H](C)NCc1cccc2c1OCCCO2)n1cccn1. The van der Waals surface area contributed by atoms with Gasteiger partial charge in [0, 0.05) is 37.0 Å². The summed E-state index contributed by atoms with van der Waals surface area (Å²) in [6.07, 6.45) is 4.73. The maximum atomic E-state index is 5.86. The molecule has 0 bridgehead atoms. The van der Waals surface area contributed by atoms with Gasteiger partial charge in [0.25, 0.3) is 0 Å². The van der Waals surface area contributed by atoms with E-state index in [9.17, 15) is 0 Å². The lowest BCUT2D eigenvalue weighted by atomic mass is 10.1. The van der Waals surface area contributed by atoms with Gasteiger partial charge in [0.15, 0.2) is 11.5 Å². The molecule has 0 aliphatic carbocycles. The van der Waals surface area contributed by atoms with E-state index >= 15 is 0 Å². The van der Waals surface area contributed by atoms with Crippen molar-refractivity contribution < 1.29 is 9.47 Å². The van der Waals surface area contributed by atoms with Crippen LogP contribution in [0.3, 0.4) is 0 Å². The van der Waals surface area contributed by atoms with Gasteiger partial charge >= 0.3 is 0 Å². The van der Waals surface area contributed by atoms with Crippen LogP contribution in [0.4, 0.5) is 0 Å². The van der Waals surface area contributed by atoms with Crippen LogP contribution in [0.2, 0.25) is 0 Å². The van der Waals surface area contributed by atoms with E-state index in [0.717, 1.165) is 36.6 Å². The van der Waals surface area contributed by atoms with Gasteiger partial charge in [-0.05, 0) is 26.0 Å². The largest absolute Gasteiger partial charge is 0.490 e. The lowest BCUT2D eigenvalue weighted by Gasteiger charge is -2.22. The van der Waals surface area contributed by atoms with E-state index in [1.54, 1.807) is 0 Å². The topological polar surface area (TPSA) is 48.3 Å². The van der Waals surface area contributed by atoms with Crippen LogP contribution in [-0.2, 0) is 6.54 Å². The van der Waals surface area contributed by atoms with E-state index in [-0.39, 0.29) is 6.04 Å². The second-order valence-electron chi connectivity index (χ2n) is 5.69. The minimum absolute atomic E-state index is 0.287. The quantitative estimate of drug-likeness (QED) is 0.922. The molecule has 2 atom stereocenters. The molecule has 1 aliphatic heterocycles. The first kappa shape index (κ1) is 14.9. The average Bonchev–Trinajstić information content (AvgIpc) is 2.96. The number of fused-ring (bicyclic) bond motifs is 1. The molecule has 1 aromatic carbocycles. The van der Waals surface area contributed by atoms with Crippen LogP contribution in [0, 0.1) is 0 Å². The summed E-state index contributed by atoms with van der Waals surface area (Å²) in [5, 5.41) is 7.87. The van der Waals surface area contributed by atoms with E-state index in [4.69, 9.17) is 9.47 Å². The zero-order valence-electron chi connectivity index (χ0n) is 13.2. The van der Waals surface area contributed by atoms with Gasteiger partial charge in [-0.25, -0.2) is 0 Å². The first-order chi connectivity index (χ1) is 10.8. The molecule has 0 fully saturated rings. The standard InChI is InChI=1S/C17H23N3O2/c1-13(14(2)20-9-4-8-19-20)18-12-15-6-3-7-16-17(15)22-11-5-10-21-16/h3-4,6-9,13-14,18H,5,10-12H2,1-2H3/t13-,14-/m1/s1. The van der Waals surface area contributed by atoms with Gasteiger partial charge in [0.1, 0.15) is 0 Å². The maximum Gasteiger partial charge on any atom is 0.165 e. The number of para-hydroxylation sites is 1. The second-order valence-corrected chi connectivity index (χ2v) is 5.69. The van der Waals surface area contributed by atoms with Crippen LogP contribution in [0.5, 0.6) is 11.5 Å². The highest BCUT2D eigenvalue weighted by Gasteiger charge is 2.17. The summed E-state index contributed by atoms with van der Waals surface area (Å²) in [6.45, 7) is 6.51. The van der Waals surface area contributed by atoms with E-state index < -0.39 is 0 Å². The third-order valence-corrected chi connectivity index (χ3v) is 4.13. The molecule has 0 unspecified atom stereocenters. The van der Waals surface area contributed by atoms with Crippen LogP contribution in [0.1, 0.15) is 31.9 Å². The Kier molecular flexibility index (Phi) is 4.63. The molecule has 1 aromatic heterocycles. The lowest BCUT2D eigenvalue weighted by molar-refractivity contribution is 0.295. The molecule has 22 heavy (non-hydrogen) atoms. The Morgan fingerprint density at radius 2 is 2.09 bits per heavy atom. The number of benzene rings is 1. The molecule has 5 nitrogen and oxygen atoms in total. The molecule has 0 amide bonds. The molecule has 5 heteroatoms. The van der Waals surface area contributed by atoms with Gasteiger partial charge in [-0.1, -0.05) is 12.1 Å². The highest BCUT2D eigenvalue weighted by molar-refractivity contribution is 5.47. The van der Waals surface area contributed by atoms with Crippen molar-refractivity contribution in [2.75, 3.05) is 13.2 Å². The molecule has 2 heterocycles. The predicted molar refractivity (Wildman–Crippen MR) is 85.3 cm³/mol. The summed E-state index contributed by atoms with van der Waals surface area (Å²) in [6, 6.07) is 8.61. The number of aromatic nitrogens is 2. The molecule has 0 saturated carbocycles. The molecular weight excluding hydrogens is 278 g/mol. The molecule has 0 spiro atoms. The third kappa shape index (κ3) is 3.25. The number of rotatable bonds is 5. The smallest absolute Gasteiger partial charge is 0.165 e. The van der Waals surface area contributed by atoms with Crippen LogP contribution < -0.4 is 14.8 Å². The average molecular weight is 301 g/mol. The van der Waals surface area contributed by atoms with Crippen LogP contribution in [-0.4, -0.2) is 29.0 Å². The van der Waals surface area contributed by atoms with Gasteiger partial charge in [-0.2, -0.15) is 5.10 Å². The summed E-state index contributed by atoms with van der Waals surface area (Å²) in [5.74, 6) is 1.73. The fraction of sp³-hybridized carbons (Fsp3) is 0.471. The fourth-order valence-electron chi connectivity index (χ4n) is 2.59. The molecular formula is C17H23N3O2. The van der Waals surface area contributed by atoms with Gasteiger partial charge < -0.3 is 14.8 Å². The second kappa shape index (κ2) is 6.83. The number of ether oxygens (including phenoxy) is 2. The Labute approximate surface area is 131 Å². The summed E-state index contributed by atoms with van der Waals surface area (Å²) in [7, 11) is 0. The minimum Gasteiger partial charge on any atom is -0.490 e. The molecule has 3 rings (SSSR count). The van der Waals surface area contributed by atoms with Gasteiger partial charge in [0.05, 0.1) is 19.3 Å². The minimum atomic E-state index is 0.287. The first-order valence-corrected chi connectivity index (χ1v) is 7.85. The number of nitrogens with one attached hydrogen (secondary N) is 1. The number of hydrogen-bond acceptors (Lipinski definition) is 4. The zero-order chi connectivity index (χ0) is 15.4. The molecule has 0 radical (unpaired) electrons. The van der Waals surface area contributed by atoms with Crippen molar-refractivity contribution in [2.45, 2.75) is 38.9 Å². The zero-order valence-corrected chi connectivity index (χ0v) is 13.2. The van der Waals surface area contributed by atoms with Crippen molar-refractivity contribution in [1.82, 2.24) is 15.1 Å². The van der Waals surface area contributed by atoms with Gasteiger partial charge in [-0.3, -0.25) is 4.68 Å². The fourth-order valence-corrected chi connectivity index (χ4v) is 2.59. The maximum absolute atomic E-state index is 5.86. The summed E-state index contributed by atoms with van der Waals surface area (Å²) >= 11 is 0. The normalized spacial score (nSPS) is 16.8. The Balaban J connectivity index is 1.66. The van der Waals surface area contributed by atoms with Crippen LogP contribution >= 0.6 is 0 Å². The van der Waals surface area contributed by atoms with E-state index in [2.05, 4.69) is 30.3 Å². The molecule has 118 valence electrons. The van der Waals surface area contributed by atoms with E-state index in [1.165, 1.54) is 0 Å². The van der Waals surface area contributed by atoms with E-state index in [0.29, 0.717) is 12.6 Å². The van der Waals surface area contributed by atoms with Crippen molar-refractivity contribution in [1.29, 1.82) is 0 Å². The van der Waals surface area contributed by atoms with Crippen molar-refractivity contribution in [3.05, 3.63) is 42.2 Å². The van der Waals surface area contributed by atoms with Crippen molar-refractivity contribution in [2.24, 2.45) is 0 Å². The first-order valence-electron chi connectivity index (χ1n) is 7.85. The summed E-state index contributed by atoms with van der Waals surface area (Å²) in [4.78, 5) is 0. The van der Waals surface area contributed by atoms with Crippen LogP contribution in [0.25, 0.3) is 0 Å². The molecule has 2 aromatic rings. The Hall–Kier alpha value is -2.01. The number of hydrogen-bond donors (Lipinski definition) is 1. The highest BCUT2D eigenvalue weighted by Crippen LogP contribution is 2.33.